The molecule has 0 radical (unpaired) electrons. The second-order valence-electron chi connectivity index (χ2n) is 4.26. The minimum absolute atomic E-state index is 0.0824. The number of nitrogens with zero attached hydrogens (tertiary/aromatic N) is 1. The van der Waals surface area contributed by atoms with Crippen molar-refractivity contribution in [3.05, 3.63) is 23.5 Å². The van der Waals surface area contributed by atoms with Gasteiger partial charge in [0.2, 0.25) is 5.91 Å². The van der Waals surface area contributed by atoms with E-state index in [9.17, 15) is 4.79 Å². The van der Waals surface area contributed by atoms with Gasteiger partial charge in [-0.15, -0.1) is 0 Å². The maximum atomic E-state index is 11.6. The zero-order valence-electron chi connectivity index (χ0n) is 11.0. The highest BCUT2D eigenvalue weighted by molar-refractivity contribution is 5.78. The van der Waals surface area contributed by atoms with Gasteiger partial charge >= 0.3 is 0 Å². The Morgan fingerprint density at radius 1 is 1.41 bits per heavy atom. The average Bonchev–Trinajstić information content (AvgIpc) is 2.70. The number of hydrogen-bond donors (Lipinski definition) is 2. The van der Waals surface area contributed by atoms with Gasteiger partial charge in [0.25, 0.3) is 0 Å². The zero-order valence-corrected chi connectivity index (χ0v) is 11.0. The number of likely N-dealkylation sites (N-methyl/N-ethyl adjacent to an activating group) is 1. The van der Waals surface area contributed by atoms with E-state index in [0.717, 1.165) is 37.4 Å². The van der Waals surface area contributed by atoms with Crippen molar-refractivity contribution >= 4 is 5.91 Å². The lowest BCUT2D eigenvalue weighted by Gasteiger charge is -2.17. The maximum absolute atomic E-state index is 11.6. The van der Waals surface area contributed by atoms with Crippen LogP contribution in [0.4, 0.5) is 0 Å². The first kappa shape index (κ1) is 13.8. The molecule has 0 bridgehead atoms. The largest absolute Gasteiger partial charge is 0.364 e. The van der Waals surface area contributed by atoms with E-state index in [0.29, 0.717) is 6.42 Å². The zero-order chi connectivity index (χ0) is 12.7. The Labute approximate surface area is 103 Å². The highest BCUT2D eigenvalue weighted by Gasteiger charge is 2.05. The summed E-state index contributed by atoms with van der Waals surface area (Å²) in [7, 11) is 0. The Hall–Kier alpha value is -1.29. The number of carbonyl (C=O) groups excluding carboxylic acids is 1. The van der Waals surface area contributed by atoms with Crippen molar-refractivity contribution in [2.75, 3.05) is 26.2 Å². The summed E-state index contributed by atoms with van der Waals surface area (Å²) >= 11 is 0. The summed E-state index contributed by atoms with van der Waals surface area (Å²) in [6.45, 7) is 9.98. The molecule has 0 atom stereocenters. The van der Waals surface area contributed by atoms with E-state index in [1.54, 1.807) is 0 Å². The van der Waals surface area contributed by atoms with Crippen molar-refractivity contribution in [1.29, 1.82) is 0 Å². The van der Waals surface area contributed by atoms with E-state index in [4.69, 9.17) is 0 Å². The van der Waals surface area contributed by atoms with Gasteiger partial charge in [0.1, 0.15) is 0 Å². The number of H-pyrrole nitrogens is 1. The van der Waals surface area contributed by atoms with Crippen LogP contribution in [0.15, 0.2) is 12.3 Å². The first-order chi connectivity index (χ1) is 8.15. The van der Waals surface area contributed by atoms with Crippen LogP contribution in [0.3, 0.4) is 0 Å². The van der Waals surface area contributed by atoms with Crippen molar-refractivity contribution in [2.24, 2.45) is 0 Å². The number of amides is 1. The summed E-state index contributed by atoms with van der Waals surface area (Å²) in [4.78, 5) is 17.0. The normalized spacial score (nSPS) is 10.8. The first-order valence-corrected chi connectivity index (χ1v) is 6.28. The Morgan fingerprint density at radius 2 is 2.12 bits per heavy atom. The molecular weight excluding hydrogens is 214 g/mol. The van der Waals surface area contributed by atoms with Crippen LogP contribution in [-0.4, -0.2) is 42.0 Å². The maximum Gasteiger partial charge on any atom is 0.225 e. The molecular formula is C13H23N3O. The molecule has 0 aliphatic rings. The van der Waals surface area contributed by atoms with Crippen LogP contribution in [0, 0.1) is 6.92 Å². The molecule has 0 unspecified atom stereocenters. The summed E-state index contributed by atoms with van der Waals surface area (Å²) in [5, 5.41) is 2.94. The average molecular weight is 237 g/mol. The number of rotatable bonds is 7. The second kappa shape index (κ2) is 7.12. The predicted octanol–water partition coefficient (Wildman–Crippen LogP) is 1.32. The van der Waals surface area contributed by atoms with E-state index in [2.05, 4.69) is 29.0 Å². The molecule has 1 aromatic heterocycles. The SMILES string of the molecule is CCN(CC)CCNC(=O)Cc1cc(C)c[nH]1. The quantitative estimate of drug-likeness (QED) is 0.751. The standard InChI is InChI=1S/C13H23N3O/c1-4-16(5-2)7-6-14-13(17)9-12-8-11(3)10-15-12/h8,10,15H,4-7,9H2,1-3H3,(H,14,17). The lowest BCUT2D eigenvalue weighted by molar-refractivity contribution is -0.120. The molecule has 0 aliphatic heterocycles. The number of nitrogens with one attached hydrogen (secondary N) is 2. The van der Waals surface area contributed by atoms with Crippen LogP contribution >= 0.6 is 0 Å². The molecule has 0 fully saturated rings. The van der Waals surface area contributed by atoms with E-state index in [1.807, 2.05) is 19.2 Å². The number of aromatic nitrogens is 1. The van der Waals surface area contributed by atoms with Crippen molar-refractivity contribution < 1.29 is 4.79 Å². The van der Waals surface area contributed by atoms with Crippen molar-refractivity contribution in [3.8, 4) is 0 Å². The van der Waals surface area contributed by atoms with Gasteiger partial charge in [0.15, 0.2) is 0 Å². The van der Waals surface area contributed by atoms with Crippen LogP contribution in [0.2, 0.25) is 0 Å². The fraction of sp³-hybridized carbons (Fsp3) is 0.615. The molecule has 4 nitrogen and oxygen atoms in total. The van der Waals surface area contributed by atoms with E-state index < -0.39 is 0 Å². The molecule has 0 spiro atoms. The summed E-state index contributed by atoms with van der Waals surface area (Å²) in [6.07, 6.45) is 2.35. The summed E-state index contributed by atoms with van der Waals surface area (Å²) in [5.41, 5.74) is 2.14. The minimum atomic E-state index is 0.0824. The van der Waals surface area contributed by atoms with Gasteiger partial charge in [-0.1, -0.05) is 13.8 Å². The molecule has 2 N–H and O–H groups in total. The Kier molecular flexibility index (Phi) is 5.77. The molecule has 1 aromatic rings. The topological polar surface area (TPSA) is 48.1 Å². The van der Waals surface area contributed by atoms with Crippen LogP contribution in [0.25, 0.3) is 0 Å². The van der Waals surface area contributed by atoms with Crippen LogP contribution < -0.4 is 5.32 Å². The minimum Gasteiger partial charge on any atom is -0.364 e. The third-order valence-corrected chi connectivity index (χ3v) is 2.88. The lowest BCUT2D eigenvalue weighted by atomic mass is 10.2. The monoisotopic (exact) mass is 237 g/mol. The smallest absolute Gasteiger partial charge is 0.225 e. The van der Waals surface area contributed by atoms with Gasteiger partial charge in [-0.05, 0) is 31.6 Å². The summed E-state index contributed by atoms with van der Waals surface area (Å²) in [6, 6.07) is 2.00. The van der Waals surface area contributed by atoms with Crippen molar-refractivity contribution in [2.45, 2.75) is 27.2 Å². The molecule has 4 heteroatoms. The summed E-state index contributed by atoms with van der Waals surface area (Å²) in [5.74, 6) is 0.0824. The molecule has 17 heavy (non-hydrogen) atoms. The Morgan fingerprint density at radius 3 is 2.65 bits per heavy atom. The number of hydrogen-bond acceptors (Lipinski definition) is 2. The molecule has 1 heterocycles. The fourth-order valence-corrected chi connectivity index (χ4v) is 1.80. The molecule has 0 saturated carbocycles. The van der Waals surface area contributed by atoms with Gasteiger partial charge < -0.3 is 15.2 Å². The van der Waals surface area contributed by atoms with Crippen LogP contribution in [0.5, 0.6) is 0 Å². The van der Waals surface area contributed by atoms with Crippen molar-refractivity contribution in [3.63, 3.8) is 0 Å². The van der Waals surface area contributed by atoms with Gasteiger partial charge in [-0.2, -0.15) is 0 Å². The van der Waals surface area contributed by atoms with E-state index in [-0.39, 0.29) is 5.91 Å². The molecule has 96 valence electrons. The lowest BCUT2D eigenvalue weighted by Crippen LogP contribution is -2.35. The predicted molar refractivity (Wildman–Crippen MR) is 70.0 cm³/mol. The highest BCUT2D eigenvalue weighted by atomic mass is 16.1. The number of aromatic amines is 1. The first-order valence-electron chi connectivity index (χ1n) is 6.28. The highest BCUT2D eigenvalue weighted by Crippen LogP contribution is 2.01. The summed E-state index contributed by atoms with van der Waals surface area (Å²) < 4.78 is 0. The van der Waals surface area contributed by atoms with E-state index >= 15 is 0 Å². The van der Waals surface area contributed by atoms with Crippen molar-refractivity contribution in [1.82, 2.24) is 15.2 Å². The van der Waals surface area contributed by atoms with Crippen LogP contribution in [0.1, 0.15) is 25.1 Å². The molecule has 1 amide bonds. The van der Waals surface area contributed by atoms with E-state index in [1.165, 1.54) is 0 Å². The van der Waals surface area contributed by atoms with Gasteiger partial charge in [0.05, 0.1) is 6.42 Å². The third-order valence-electron chi connectivity index (χ3n) is 2.88. The van der Waals surface area contributed by atoms with Gasteiger partial charge in [0, 0.05) is 25.0 Å². The molecule has 0 aliphatic carbocycles. The molecule has 1 rings (SSSR count). The fourth-order valence-electron chi connectivity index (χ4n) is 1.80. The van der Waals surface area contributed by atoms with Crippen LogP contribution in [-0.2, 0) is 11.2 Å². The number of carbonyl (C=O) groups is 1. The molecule has 0 aromatic carbocycles. The Balaban J connectivity index is 2.21. The number of aryl methyl sites for hydroxylation is 1. The van der Waals surface area contributed by atoms with Gasteiger partial charge in [-0.25, -0.2) is 0 Å². The Bertz CT molecular complexity index is 342. The second-order valence-corrected chi connectivity index (χ2v) is 4.26. The molecule has 0 saturated heterocycles. The van der Waals surface area contributed by atoms with Gasteiger partial charge in [-0.3, -0.25) is 4.79 Å². The third kappa shape index (κ3) is 5.04.